The molecule has 0 amide bonds. The van der Waals surface area contributed by atoms with Crippen LogP contribution in [0.3, 0.4) is 0 Å². The quantitative estimate of drug-likeness (QED) is 0.748. The van der Waals surface area contributed by atoms with E-state index in [1.807, 2.05) is 13.0 Å². The minimum Gasteiger partial charge on any atom is -0.478 e. The van der Waals surface area contributed by atoms with E-state index in [1.165, 1.54) is 6.07 Å². The van der Waals surface area contributed by atoms with Gasteiger partial charge in [0, 0.05) is 5.69 Å². The number of rotatable bonds is 3. The van der Waals surface area contributed by atoms with E-state index >= 15 is 0 Å². The molecule has 0 radical (unpaired) electrons. The summed E-state index contributed by atoms with van der Waals surface area (Å²) >= 11 is 0. The van der Waals surface area contributed by atoms with Crippen LogP contribution in [-0.4, -0.2) is 11.1 Å². The number of benzene rings is 1. The number of carbonyl (C=O) groups is 1. The molecule has 0 saturated carbocycles. The van der Waals surface area contributed by atoms with Gasteiger partial charge in [-0.1, -0.05) is 13.8 Å². The highest BCUT2D eigenvalue weighted by atomic mass is 16.4. The zero-order valence-corrected chi connectivity index (χ0v) is 9.37. The van der Waals surface area contributed by atoms with Crippen molar-refractivity contribution in [3.8, 4) is 0 Å². The molecular formula is C12H17NO2. The van der Waals surface area contributed by atoms with Gasteiger partial charge in [-0.3, -0.25) is 0 Å². The SMILES string of the molecule is Cc1cc(N)cc(C(=O)O)c1CC(C)C. The fourth-order valence-corrected chi connectivity index (χ4v) is 1.71. The van der Waals surface area contributed by atoms with Crippen LogP contribution in [0.4, 0.5) is 5.69 Å². The molecule has 0 spiro atoms. The Hall–Kier alpha value is -1.51. The second-order valence-electron chi connectivity index (χ2n) is 4.27. The van der Waals surface area contributed by atoms with Crippen molar-refractivity contribution in [3.05, 3.63) is 28.8 Å². The lowest BCUT2D eigenvalue weighted by atomic mass is 9.93. The zero-order valence-electron chi connectivity index (χ0n) is 9.37. The van der Waals surface area contributed by atoms with Gasteiger partial charge in [0.05, 0.1) is 5.56 Å². The van der Waals surface area contributed by atoms with Gasteiger partial charge in [0.25, 0.3) is 0 Å². The summed E-state index contributed by atoms with van der Waals surface area (Å²) in [5, 5.41) is 9.07. The van der Waals surface area contributed by atoms with E-state index in [1.54, 1.807) is 0 Å². The molecule has 0 aliphatic heterocycles. The van der Waals surface area contributed by atoms with Gasteiger partial charge in [0.2, 0.25) is 0 Å². The molecular weight excluding hydrogens is 190 g/mol. The van der Waals surface area contributed by atoms with E-state index in [2.05, 4.69) is 13.8 Å². The summed E-state index contributed by atoms with van der Waals surface area (Å²) in [5.41, 5.74) is 8.33. The first-order valence-corrected chi connectivity index (χ1v) is 5.04. The molecule has 1 aromatic rings. The number of aryl methyl sites for hydroxylation is 1. The van der Waals surface area contributed by atoms with E-state index in [0.29, 0.717) is 17.2 Å². The highest BCUT2D eigenvalue weighted by molar-refractivity contribution is 5.91. The van der Waals surface area contributed by atoms with Crippen LogP contribution >= 0.6 is 0 Å². The molecule has 0 aliphatic rings. The van der Waals surface area contributed by atoms with Gasteiger partial charge in [0.15, 0.2) is 0 Å². The molecule has 0 fully saturated rings. The Morgan fingerprint density at radius 1 is 1.47 bits per heavy atom. The molecule has 0 heterocycles. The van der Waals surface area contributed by atoms with Crippen molar-refractivity contribution in [1.82, 2.24) is 0 Å². The molecule has 3 N–H and O–H groups in total. The Morgan fingerprint density at radius 2 is 2.07 bits per heavy atom. The lowest BCUT2D eigenvalue weighted by Crippen LogP contribution is -2.08. The van der Waals surface area contributed by atoms with Crippen molar-refractivity contribution in [2.75, 3.05) is 5.73 Å². The van der Waals surface area contributed by atoms with Crippen LogP contribution in [-0.2, 0) is 6.42 Å². The number of carboxylic acids is 1. The Labute approximate surface area is 89.9 Å². The average molecular weight is 207 g/mol. The number of hydrogen-bond acceptors (Lipinski definition) is 2. The maximum absolute atomic E-state index is 11.1. The zero-order chi connectivity index (χ0) is 11.6. The molecule has 0 aliphatic carbocycles. The number of anilines is 1. The van der Waals surface area contributed by atoms with E-state index in [9.17, 15) is 4.79 Å². The van der Waals surface area contributed by atoms with Gasteiger partial charge in [-0.15, -0.1) is 0 Å². The molecule has 15 heavy (non-hydrogen) atoms. The van der Waals surface area contributed by atoms with E-state index < -0.39 is 5.97 Å². The topological polar surface area (TPSA) is 63.3 Å². The predicted octanol–water partition coefficient (Wildman–Crippen LogP) is 2.47. The summed E-state index contributed by atoms with van der Waals surface area (Å²) in [6.45, 7) is 6.05. The van der Waals surface area contributed by atoms with Gasteiger partial charge >= 0.3 is 5.97 Å². The van der Waals surface area contributed by atoms with Crippen molar-refractivity contribution < 1.29 is 9.90 Å². The molecule has 0 unspecified atom stereocenters. The number of nitrogens with two attached hydrogens (primary N) is 1. The first-order valence-electron chi connectivity index (χ1n) is 5.04. The van der Waals surface area contributed by atoms with Crippen molar-refractivity contribution in [2.45, 2.75) is 27.2 Å². The standard InChI is InChI=1S/C12H17NO2/c1-7(2)4-10-8(3)5-9(13)6-11(10)12(14)15/h5-7H,4,13H2,1-3H3,(H,14,15). The predicted molar refractivity (Wildman–Crippen MR) is 61.1 cm³/mol. The normalized spacial score (nSPS) is 10.7. The molecule has 0 bridgehead atoms. The molecule has 82 valence electrons. The average Bonchev–Trinajstić information content (AvgIpc) is 2.08. The molecule has 0 atom stereocenters. The monoisotopic (exact) mass is 207 g/mol. The molecule has 1 rings (SSSR count). The van der Waals surface area contributed by atoms with Crippen LogP contribution in [0.1, 0.15) is 35.3 Å². The minimum atomic E-state index is -0.902. The highest BCUT2D eigenvalue weighted by Crippen LogP contribution is 2.21. The molecule has 3 nitrogen and oxygen atoms in total. The summed E-state index contributed by atoms with van der Waals surface area (Å²) in [4.78, 5) is 11.1. The Bertz CT molecular complexity index is 383. The molecule has 3 heteroatoms. The third kappa shape index (κ3) is 2.72. The molecule has 1 aromatic carbocycles. The summed E-state index contributed by atoms with van der Waals surface area (Å²) in [6.07, 6.45) is 0.772. The molecule has 0 saturated heterocycles. The Balaban J connectivity index is 3.27. The summed E-state index contributed by atoms with van der Waals surface area (Å²) < 4.78 is 0. The van der Waals surface area contributed by atoms with Crippen LogP contribution in [0.25, 0.3) is 0 Å². The van der Waals surface area contributed by atoms with E-state index in [0.717, 1.165) is 17.5 Å². The first kappa shape index (κ1) is 11.6. The summed E-state index contributed by atoms with van der Waals surface area (Å²) in [7, 11) is 0. The minimum absolute atomic E-state index is 0.334. The largest absolute Gasteiger partial charge is 0.478 e. The third-order valence-corrected chi connectivity index (χ3v) is 2.34. The van der Waals surface area contributed by atoms with Crippen molar-refractivity contribution in [1.29, 1.82) is 0 Å². The lowest BCUT2D eigenvalue weighted by Gasteiger charge is -2.13. The van der Waals surface area contributed by atoms with Crippen LogP contribution in [0.2, 0.25) is 0 Å². The third-order valence-electron chi connectivity index (χ3n) is 2.34. The Kier molecular flexibility index (Phi) is 3.35. The van der Waals surface area contributed by atoms with Gasteiger partial charge in [-0.05, 0) is 42.5 Å². The number of carboxylic acid groups (broad SMARTS) is 1. The first-order chi connectivity index (χ1) is 6.91. The van der Waals surface area contributed by atoms with Crippen LogP contribution in [0, 0.1) is 12.8 Å². The summed E-state index contributed by atoms with van der Waals surface area (Å²) in [5.74, 6) is -0.466. The smallest absolute Gasteiger partial charge is 0.336 e. The van der Waals surface area contributed by atoms with Crippen LogP contribution in [0.5, 0.6) is 0 Å². The fraction of sp³-hybridized carbons (Fsp3) is 0.417. The fourth-order valence-electron chi connectivity index (χ4n) is 1.71. The van der Waals surface area contributed by atoms with Gasteiger partial charge in [-0.2, -0.15) is 0 Å². The maximum atomic E-state index is 11.1. The van der Waals surface area contributed by atoms with Crippen molar-refractivity contribution in [3.63, 3.8) is 0 Å². The number of hydrogen-bond donors (Lipinski definition) is 2. The summed E-state index contributed by atoms with van der Waals surface area (Å²) in [6, 6.07) is 3.36. The van der Waals surface area contributed by atoms with Crippen molar-refractivity contribution >= 4 is 11.7 Å². The lowest BCUT2D eigenvalue weighted by molar-refractivity contribution is 0.0695. The van der Waals surface area contributed by atoms with Crippen LogP contribution in [0.15, 0.2) is 12.1 Å². The van der Waals surface area contributed by atoms with Gasteiger partial charge < -0.3 is 10.8 Å². The number of nitrogen functional groups attached to an aromatic ring is 1. The highest BCUT2D eigenvalue weighted by Gasteiger charge is 2.14. The van der Waals surface area contributed by atoms with E-state index in [4.69, 9.17) is 10.8 Å². The van der Waals surface area contributed by atoms with Gasteiger partial charge in [-0.25, -0.2) is 4.79 Å². The second kappa shape index (κ2) is 4.34. The molecule has 0 aromatic heterocycles. The van der Waals surface area contributed by atoms with Crippen LogP contribution < -0.4 is 5.73 Å². The van der Waals surface area contributed by atoms with Gasteiger partial charge in [0.1, 0.15) is 0 Å². The van der Waals surface area contributed by atoms with E-state index in [-0.39, 0.29) is 0 Å². The van der Waals surface area contributed by atoms with Crippen molar-refractivity contribution in [2.24, 2.45) is 5.92 Å². The maximum Gasteiger partial charge on any atom is 0.336 e. The number of aromatic carboxylic acids is 1. The Morgan fingerprint density at radius 3 is 2.53 bits per heavy atom. The second-order valence-corrected chi connectivity index (χ2v) is 4.27.